The fraction of sp³-hybridized carbons (Fsp3) is 0.250. The van der Waals surface area contributed by atoms with E-state index in [1.165, 1.54) is 0 Å². The maximum Gasteiger partial charge on any atom is 0.374 e. The van der Waals surface area contributed by atoms with Crippen molar-refractivity contribution >= 4 is 23.7 Å². The molecule has 0 spiro atoms. The van der Waals surface area contributed by atoms with Crippen LogP contribution in [0.1, 0.15) is 6.42 Å². The highest BCUT2D eigenvalue weighted by atomic mass is 16.5. The van der Waals surface area contributed by atoms with E-state index in [1.54, 1.807) is 0 Å². The summed E-state index contributed by atoms with van der Waals surface area (Å²) in [6.45, 7) is 0. The van der Waals surface area contributed by atoms with Crippen LogP contribution in [0.3, 0.4) is 0 Å². The van der Waals surface area contributed by atoms with E-state index in [4.69, 9.17) is 10.2 Å². The summed E-state index contributed by atoms with van der Waals surface area (Å²) in [5.74, 6) is -5.53. The third kappa shape index (κ3) is 4.03. The first-order valence-electron chi connectivity index (χ1n) is 3.68. The molecule has 0 rings (SSSR count). The summed E-state index contributed by atoms with van der Waals surface area (Å²) in [5.41, 5.74) is -0.966. The SMILES string of the molecule is COC(=O)C(=O)CC=C(C(=O)O)C(=O)O. The molecule has 0 aromatic carbocycles. The smallest absolute Gasteiger partial charge is 0.374 e. The number of ketones is 1. The summed E-state index contributed by atoms with van der Waals surface area (Å²) in [4.78, 5) is 42.0. The summed E-state index contributed by atoms with van der Waals surface area (Å²) >= 11 is 0. The van der Waals surface area contributed by atoms with Gasteiger partial charge in [-0.3, -0.25) is 4.79 Å². The van der Waals surface area contributed by atoms with E-state index in [0.717, 1.165) is 7.11 Å². The first kappa shape index (κ1) is 12.8. The molecule has 0 saturated carbocycles. The zero-order valence-electron chi connectivity index (χ0n) is 7.72. The molecule has 82 valence electrons. The molecule has 7 nitrogen and oxygen atoms in total. The second-order valence-electron chi connectivity index (χ2n) is 2.35. The molecule has 0 aliphatic carbocycles. The molecule has 0 aliphatic rings. The number of esters is 1. The fourth-order valence-electron chi connectivity index (χ4n) is 0.658. The molecule has 0 aromatic heterocycles. The van der Waals surface area contributed by atoms with Crippen molar-refractivity contribution in [1.29, 1.82) is 0 Å². The van der Waals surface area contributed by atoms with Crippen LogP contribution >= 0.6 is 0 Å². The number of allylic oxidation sites excluding steroid dienone is 1. The lowest BCUT2D eigenvalue weighted by molar-refractivity contribution is -0.151. The molecule has 15 heavy (non-hydrogen) atoms. The number of aliphatic carboxylic acids is 2. The van der Waals surface area contributed by atoms with Crippen molar-refractivity contribution in [1.82, 2.24) is 0 Å². The topological polar surface area (TPSA) is 118 Å². The number of carboxylic acids is 2. The van der Waals surface area contributed by atoms with Crippen LogP contribution in [0.4, 0.5) is 0 Å². The maximum absolute atomic E-state index is 10.8. The lowest BCUT2D eigenvalue weighted by Gasteiger charge is -1.96. The lowest BCUT2D eigenvalue weighted by Crippen LogP contribution is -2.16. The third-order valence-corrected chi connectivity index (χ3v) is 1.37. The van der Waals surface area contributed by atoms with Gasteiger partial charge in [-0.25, -0.2) is 14.4 Å². The van der Waals surface area contributed by atoms with E-state index in [9.17, 15) is 19.2 Å². The van der Waals surface area contributed by atoms with Crippen molar-refractivity contribution < 1.29 is 34.1 Å². The van der Waals surface area contributed by atoms with Crippen molar-refractivity contribution in [2.45, 2.75) is 6.42 Å². The van der Waals surface area contributed by atoms with Gasteiger partial charge in [-0.1, -0.05) is 6.08 Å². The van der Waals surface area contributed by atoms with E-state index in [0.29, 0.717) is 6.08 Å². The summed E-state index contributed by atoms with van der Waals surface area (Å²) in [5, 5.41) is 16.8. The number of ether oxygens (including phenoxy) is 1. The Hall–Kier alpha value is -2.18. The van der Waals surface area contributed by atoms with Gasteiger partial charge in [0.05, 0.1) is 7.11 Å². The number of carbonyl (C=O) groups is 4. The highest BCUT2D eigenvalue weighted by Gasteiger charge is 2.18. The van der Waals surface area contributed by atoms with Crippen molar-refractivity contribution in [2.75, 3.05) is 7.11 Å². The predicted octanol–water partition coefficient (Wildman–Crippen LogP) is -0.786. The molecule has 0 bridgehead atoms. The highest BCUT2D eigenvalue weighted by molar-refractivity contribution is 6.34. The zero-order chi connectivity index (χ0) is 12.0. The Morgan fingerprint density at radius 2 is 1.60 bits per heavy atom. The second kappa shape index (κ2) is 5.53. The Morgan fingerprint density at radius 1 is 1.13 bits per heavy atom. The van der Waals surface area contributed by atoms with Crippen LogP contribution in [-0.4, -0.2) is 41.0 Å². The first-order chi connectivity index (χ1) is 6.90. The molecule has 0 fully saturated rings. The maximum atomic E-state index is 10.8. The average molecular weight is 216 g/mol. The van der Waals surface area contributed by atoms with Crippen LogP contribution in [0.25, 0.3) is 0 Å². The Morgan fingerprint density at radius 3 is 1.93 bits per heavy atom. The molecule has 0 atom stereocenters. The standard InChI is InChI=1S/C8H8O7/c1-15-8(14)5(9)3-2-4(6(10)11)7(12)13/h2H,3H2,1H3,(H,10,11)(H,12,13). The molecule has 0 unspecified atom stereocenters. The summed E-state index contributed by atoms with van der Waals surface area (Å²) in [6.07, 6.45) is 0.0184. The molecule has 7 heteroatoms. The number of carbonyl (C=O) groups excluding carboxylic acids is 2. The van der Waals surface area contributed by atoms with E-state index in [1.807, 2.05) is 0 Å². The second-order valence-corrected chi connectivity index (χ2v) is 2.35. The van der Waals surface area contributed by atoms with E-state index >= 15 is 0 Å². The van der Waals surface area contributed by atoms with Gasteiger partial charge in [0.2, 0.25) is 5.78 Å². The number of carboxylic acid groups (broad SMARTS) is 2. The largest absolute Gasteiger partial charge is 0.477 e. The van der Waals surface area contributed by atoms with Gasteiger partial charge < -0.3 is 14.9 Å². The normalized spacial score (nSPS) is 8.87. The fourth-order valence-corrected chi connectivity index (χ4v) is 0.658. The molecule has 0 radical (unpaired) electrons. The lowest BCUT2D eigenvalue weighted by atomic mass is 10.2. The van der Waals surface area contributed by atoms with Crippen LogP contribution in [0.15, 0.2) is 11.6 Å². The third-order valence-electron chi connectivity index (χ3n) is 1.37. The minimum Gasteiger partial charge on any atom is -0.477 e. The molecule has 0 aromatic rings. The van der Waals surface area contributed by atoms with Crippen LogP contribution in [0, 0.1) is 0 Å². The Labute approximate surface area is 84.0 Å². The molecular weight excluding hydrogens is 208 g/mol. The number of methoxy groups -OCH3 is 1. The van der Waals surface area contributed by atoms with Crippen molar-refractivity contribution in [2.24, 2.45) is 0 Å². The van der Waals surface area contributed by atoms with Crippen molar-refractivity contribution in [3.63, 3.8) is 0 Å². The van der Waals surface area contributed by atoms with Crippen LogP contribution < -0.4 is 0 Å². The van der Waals surface area contributed by atoms with Crippen LogP contribution in [-0.2, 0) is 23.9 Å². The first-order valence-corrected chi connectivity index (χ1v) is 3.68. The minimum atomic E-state index is -1.68. The van der Waals surface area contributed by atoms with Gasteiger partial charge in [0.25, 0.3) is 0 Å². The summed E-state index contributed by atoms with van der Waals surface area (Å²) in [6, 6.07) is 0. The van der Waals surface area contributed by atoms with Gasteiger partial charge in [0.15, 0.2) is 0 Å². The van der Waals surface area contributed by atoms with Gasteiger partial charge >= 0.3 is 17.9 Å². The van der Waals surface area contributed by atoms with Gasteiger partial charge in [-0.2, -0.15) is 0 Å². The molecule has 0 amide bonds. The molecule has 2 N–H and O–H groups in total. The quantitative estimate of drug-likeness (QED) is 0.203. The van der Waals surface area contributed by atoms with Gasteiger partial charge in [0, 0.05) is 6.42 Å². The van der Waals surface area contributed by atoms with Crippen molar-refractivity contribution in [3.8, 4) is 0 Å². The zero-order valence-corrected chi connectivity index (χ0v) is 7.72. The highest BCUT2D eigenvalue weighted by Crippen LogP contribution is 1.99. The molecule has 0 aliphatic heterocycles. The predicted molar refractivity (Wildman–Crippen MR) is 45.0 cm³/mol. The van der Waals surface area contributed by atoms with Gasteiger partial charge in [0.1, 0.15) is 5.57 Å². The number of hydrogen-bond donors (Lipinski definition) is 2. The number of Topliss-reactive ketones (excluding diaryl/α,β-unsaturated/α-hetero) is 1. The Bertz CT molecular complexity index is 323. The summed E-state index contributed by atoms with van der Waals surface area (Å²) < 4.78 is 4.05. The average Bonchev–Trinajstić information content (AvgIpc) is 2.15. The van der Waals surface area contributed by atoms with E-state index in [2.05, 4.69) is 4.74 Å². The number of rotatable bonds is 5. The van der Waals surface area contributed by atoms with Crippen molar-refractivity contribution in [3.05, 3.63) is 11.6 Å². The van der Waals surface area contributed by atoms with Gasteiger partial charge in [-0.05, 0) is 0 Å². The molecular formula is C8H8O7. The monoisotopic (exact) mass is 216 g/mol. The molecule has 0 heterocycles. The van der Waals surface area contributed by atoms with Crippen LogP contribution in [0.5, 0.6) is 0 Å². The van der Waals surface area contributed by atoms with Gasteiger partial charge in [-0.15, -0.1) is 0 Å². The van der Waals surface area contributed by atoms with Crippen LogP contribution in [0.2, 0.25) is 0 Å². The molecule has 0 saturated heterocycles. The number of hydrogen-bond acceptors (Lipinski definition) is 5. The summed E-state index contributed by atoms with van der Waals surface area (Å²) in [7, 11) is 0.985. The van der Waals surface area contributed by atoms with E-state index in [-0.39, 0.29) is 0 Å². The Kier molecular flexibility index (Phi) is 4.73. The van der Waals surface area contributed by atoms with E-state index < -0.39 is 35.7 Å². The Balaban J connectivity index is 4.62. The minimum absolute atomic E-state index is 0.624.